The molecule has 0 aromatic heterocycles. The monoisotopic (exact) mass is 440 g/mol. The van der Waals surface area contributed by atoms with Crippen LogP contribution in [0.2, 0.25) is 0 Å². The van der Waals surface area contributed by atoms with Gasteiger partial charge in [-0.1, -0.05) is 117 Å². The van der Waals surface area contributed by atoms with Crippen LogP contribution < -0.4 is 5.73 Å². The average Bonchev–Trinajstić information content (AvgIpc) is 2.77. The Bertz CT molecular complexity index is 347. The Kier molecular flexibility index (Phi) is 25.1. The molecule has 0 amide bonds. The van der Waals surface area contributed by atoms with Gasteiger partial charge in [0.15, 0.2) is 0 Å². The largest absolute Gasteiger partial charge is 0.368 e. The summed E-state index contributed by atoms with van der Waals surface area (Å²) in [6.45, 7) is 7.12. The molecule has 0 aliphatic rings. The molecule has 0 fully saturated rings. The van der Waals surface area contributed by atoms with Crippen LogP contribution in [-0.2, 0) is 9.63 Å². The predicted molar refractivity (Wildman–Crippen MR) is 135 cm³/mol. The Labute approximate surface area is 195 Å². The Morgan fingerprint density at radius 3 is 1.42 bits per heavy atom. The fraction of sp³-hybridized carbons (Fsp3) is 0.963. The van der Waals surface area contributed by atoms with Crippen molar-refractivity contribution in [3.63, 3.8) is 0 Å². The molecule has 0 spiro atoms. The van der Waals surface area contributed by atoms with Gasteiger partial charge < -0.3 is 10.6 Å². The summed E-state index contributed by atoms with van der Waals surface area (Å²) in [5.74, 6) is -0.0279. The lowest BCUT2D eigenvalue weighted by Gasteiger charge is -2.21. The molecule has 0 bridgehead atoms. The van der Waals surface area contributed by atoms with Crippen LogP contribution in [0.25, 0.3) is 0 Å². The third kappa shape index (κ3) is 23.9. The second kappa shape index (κ2) is 25.6. The predicted octanol–water partition coefficient (Wildman–Crippen LogP) is 7.94. The van der Waals surface area contributed by atoms with Crippen LogP contribution in [0, 0.1) is 0 Å². The van der Waals surface area contributed by atoms with Crippen LogP contribution in [0.4, 0.5) is 0 Å². The smallest absolute Gasteiger partial charge is 0.325 e. The Balaban J connectivity index is 3.94. The third-order valence-corrected chi connectivity index (χ3v) is 6.09. The number of hydroxylamine groups is 2. The highest BCUT2D eigenvalue weighted by molar-refractivity contribution is 5.68. The van der Waals surface area contributed by atoms with E-state index in [4.69, 9.17) is 10.6 Å². The third-order valence-electron chi connectivity index (χ3n) is 6.09. The van der Waals surface area contributed by atoms with Crippen molar-refractivity contribution in [2.24, 2.45) is 5.73 Å². The van der Waals surface area contributed by atoms with Crippen molar-refractivity contribution in [3.8, 4) is 0 Å². The van der Waals surface area contributed by atoms with Gasteiger partial charge in [0.1, 0.15) is 0 Å². The van der Waals surface area contributed by atoms with Crippen LogP contribution in [0.15, 0.2) is 0 Å². The lowest BCUT2D eigenvalue weighted by molar-refractivity contribution is -0.191. The van der Waals surface area contributed by atoms with E-state index in [0.717, 1.165) is 51.7 Å². The number of rotatable bonds is 25. The molecule has 0 rings (SSSR count). The van der Waals surface area contributed by atoms with Gasteiger partial charge in [-0.3, -0.25) is 4.79 Å². The molecule has 0 unspecified atom stereocenters. The SMILES string of the molecule is CCCCCCCCN(CCCCCCCC)OC(=O)CCCCCCCCCCN. The maximum absolute atomic E-state index is 12.3. The van der Waals surface area contributed by atoms with E-state index in [9.17, 15) is 4.79 Å². The molecule has 4 nitrogen and oxygen atoms in total. The molecule has 4 heteroatoms. The fourth-order valence-electron chi connectivity index (χ4n) is 4.00. The van der Waals surface area contributed by atoms with Gasteiger partial charge in [0, 0.05) is 19.5 Å². The number of nitrogens with two attached hydrogens (primary N) is 1. The summed E-state index contributed by atoms with van der Waals surface area (Å²) in [5.41, 5.74) is 5.53. The van der Waals surface area contributed by atoms with Gasteiger partial charge in [0.2, 0.25) is 0 Å². The molecule has 0 radical (unpaired) electrons. The van der Waals surface area contributed by atoms with E-state index in [2.05, 4.69) is 13.8 Å². The molecule has 31 heavy (non-hydrogen) atoms. The van der Waals surface area contributed by atoms with E-state index in [1.54, 1.807) is 0 Å². The molecular weight excluding hydrogens is 384 g/mol. The van der Waals surface area contributed by atoms with Gasteiger partial charge in [0.25, 0.3) is 0 Å². The number of hydrogen-bond acceptors (Lipinski definition) is 4. The van der Waals surface area contributed by atoms with Gasteiger partial charge >= 0.3 is 5.97 Å². The Morgan fingerprint density at radius 2 is 0.968 bits per heavy atom. The molecule has 0 aromatic rings. The summed E-state index contributed by atoms with van der Waals surface area (Å²) in [5, 5.41) is 1.97. The van der Waals surface area contributed by atoms with Crippen molar-refractivity contribution in [2.45, 2.75) is 149 Å². The first-order chi connectivity index (χ1) is 15.2. The normalized spacial score (nSPS) is 11.4. The molecule has 0 heterocycles. The zero-order valence-electron chi connectivity index (χ0n) is 21.3. The summed E-state index contributed by atoms with van der Waals surface area (Å²) < 4.78 is 0. The van der Waals surface area contributed by atoms with Crippen LogP contribution in [0.5, 0.6) is 0 Å². The number of carbonyl (C=O) groups is 1. The van der Waals surface area contributed by atoms with Crippen LogP contribution in [0.3, 0.4) is 0 Å². The summed E-state index contributed by atoms with van der Waals surface area (Å²) in [6.07, 6.45) is 25.5. The number of unbranched alkanes of at least 4 members (excludes halogenated alkanes) is 17. The van der Waals surface area contributed by atoms with Crippen LogP contribution in [0.1, 0.15) is 149 Å². The van der Waals surface area contributed by atoms with Crippen LogP contribution >= 0.6 is 0 Å². The molecular formula is C27H56N2O2. The Hall–Kier alpha value is -0.610. The van der Waals surface area contributed by atoms with Crippen molar-refractivity contribution in [2.75, 3.05) is 19.6 Å². The molecule has 0 aliphatic carbocycles. The zero-order chi connectivity index (χ0) is 22.8. The van der Waals surface area contributed by atoms with Crippen molar-refractivity contribution in [1.82, 2.24) is 5.06 Å². The maximum Gasteiger partial charge on any atom is 0.325 e. The molecule has 0 saturated heterocycles. The molecule has 0 aliphatic heterocycles. The molecule has 0 saturated carbocycles. The van der Waals surface area contributed by atoms with Crippen molar-refractivity contribution in [1.29, 1.82) is 0 Å². The minimum absolute atomic E-state index is 0.0279. The van der Waals surface area contributed by atoms with Crippen LogP contribution in [-0.4, -0.2) is 30.7 Å². The minimum atomic E-state index is -0.0279. The van der Waals surface area contributed by atoms with Gasteiger partial charge in [-0.05, 0) is 32.2 Å². The average molecular weight is 441 g/mol. The second-order valence-corrected chi connectivity index (χ2v) is 9.29. The van der Waals surface area contributed by atoms with E-state index in [0.29, 0.717) is 6.42 Å². The maximum atomic E-state index is 12.3. The first kappa shape index (κ1) is 30.4. The zero-order valence-corrected chi connectivity index (χ0v) is 21.3. The van der Waals surface area contributed by atoms with Gasteiger partial charge in [-0.25, -0.2) is 0 Å². The van der Waals surface area contributed by atoms with Gasteiger partial charge in [-0.15, -0.1) is 5.06 Å². The lowest BCUT2D eigenvalue weighted by atomic mass is 10.1. The lowest BCUT2D eigenvalue weighted by Crippen LogP contribution is -2.29. The summed E-state index contributed by atoms with van der Waals surface area (Å²) in [6, 6.07) is 0. The van der Waals surface area contributed by atoms with Gasteiger partial charge in [-0.2, -0.15) is 0 Å². The topological polar surface area (TPSA) is 55.6 Å². The highest BCUT2D eigenvalue weighted by Gasteiger charge is 2.11. The first-order valence-corrected chi connectivity index (χ1v) is 13.9. The second-order valence-electron chi connectivity index (χ2n) is 9.29. The number of carbonyl (C=O) groups excluding carboxylic acids is 1. The van der Waals surface area contributed by atoms with Crippen molar-refractivity contribution >= 4 is 5.97 Å². The highest BCUT2D eigenvalue weighted by Crippen LogP contribution is 2.12. The van der Waals surface area contributed by atoms with Crippen molar-refractivity contribution < 1.29 is 9.63 Å². The fourth-order valence-corrected chi connectivity index (χ4v) is 4.00. The molecule has 2 N–H and O–H groups in total. The molecule has 0 atom stereocenters. The minimum Gasteiger partial charge on any atom is -0.368 e. The van der Waals surface area contributed by atoms with E-state index in [1.807, 2.05) is 5.06 Å². The van der Waals surface area contributed by atoms with E-state index < -0.39 is 0 Å². The van der Waals surface area contributed by atoms with E-state index in [1.165, 1.54) is 96.3 Å². The molecule has 186 valence electrons. The number of nitrogens with zero attached hydrogens (tertiary/aromatic N) is 1. The van der Waals surface area contributed by atoms with E-state index >= 15 is 0 Å². The van der Waals surface area contributed by atoms with E-state index in [-0.39, 0.29) is 5.97 Å². The van der Waals surface area contributed by atoms with Gasteiger partial charge in [0.05, 0.1) is 0 Å². The molecule has 0 aromatic carbocycles. The number of hydrogen-bond donors (Lipinski definition) is 1. The van der Waals surface area contributed by atoms with Crippen molar-refractivity contribution in [3.05, 3.63) is 0 Å². The Morgan fingerprint density at radius 1 is 0.581 bits per heavy atom. The summed E-state index contributed by atoms with van der Waals surface area (Å²) in [7, 11) is 0. The summed E-state index contributed by atoms with van der Waals surface area (Å²) in [4.78, 5) is 18.1. The summed E-state index contributed by atoms with van der Waals surface area (Å²) >= 11 is 0. The highest BCUT2D eigenvalue weighted by atomic mass is 16.7. The standard InChI is InChI=1S/C27H56N2O2/c1-3-5-7-9-17-21-25-29(26-22-18-10-8-6-4-2)31-27(30)23-19-15-13-11-12-14-16-20-24-28/h3-26,28H2,1-2H3. The first-order valence-electron chi connectivity index (χ1n) is 13.9. The quantitative estimate of drug-likeness (QED) is 0.116.